The summed E-state index contributed by atoms with van der Waals surface area (Å²) in [5, 5.41) is 14.7. The molecule has 0 aliphatic carbocycles. The Morgan fingerprint density at radius 2 is 2.00 bits per heavy atom. The number of halogens is 1. The quantitative estimate of drug-likeness (QED) is 0.285. The molecule has 13 heteroatoms. The van der Waals surface area contributed by atoms with E-state index in [1.54, 1.807) is 30.1 Å². The van der Waals surface area contributed by atoms with Crippen molar-refractivity contribution < 1.29 is 28.5 Å². The summed E-state index contributed by atoms with van der Waals surface area (Å²) in [7, 11) is 2.94. The van der Waals surface area contributed by atoms with Gasteiger partial charge in [0.15, 0.2) is 0 Å². The highest BCUT2D eigenvalue weighted by Gasteiger charge is 2.28. The first-order chi connectivity index (χ1) is 18.2. The van der Waals surface area contributed by atoms with Crippen molar-refractivity contribution in [3.05, 3.63) is 74.4 Å². The van der Waals surface area contributed by atoms with E-state index in [0.717, 1.165) is 11.3 Å². The van der Waals surface area contributed by atoms with Gasteiger partial charge in [-0.05, 0) is 38.1 Å². The highest BCUT2D eigenvalue weighted by Crippen LogP contribution is 2.34. The van der Waals surface area contributed by atoms with Crippen molar-refractivity contribution in [3.8, 4) is 10.8 Å². The molecule has 2 atom stereocenters. The second-order valence-electron chi connectivity index (χ2n) is 8.48. The molecular formula is C25H27FN4O7S. The van der Waals surface area contributed by atoms with E-state index in [9.17, 15) is 23.9 Å². The Kier molecular flexibility index (Phi) is 8.09. The number of carboxylic acid groups (broad SMARTS) is 1. The maximum Gasteiger partial charge on any atom is 0.333 e. The summed E-state index contributed by atoms with van der Waals surface area (Å²) in [5.74, 6) is -1.53. The zero-order valence-corrected chi connectivity index (χ0v) is 22.0. The molecule has 4 aromatic rings. The van der Waals surface area contributed by atoms with Crippen LogP contribution in [0.1, 0.15) is 30.2 Å². The molecule has 38 heavy (non-hydrogen) atoms. The molecule has 1 unspecified atom stereocenters. The number of benzene rings is 1. The van der Waals surface area contributed by atoms with Crippen LogP contribution in [0.25, 0.3) is 15.2 Å². The van der Waals surface area contributed by atoms with E-state index in [2.05, 4.69) is 5.10 Å². The number of hydrogen-bond acceptors (Lipinski definition) is 8. The van der Waals surface area contributed by atoms with Crippen LogP contribution in [-0.2, 0) is 20.8 Å². The number of aromatic nitrogens is 4. The van der Waals surface area contributed by atoms with Crippen LogP contribution >= 0.6 is 11.3 Å². The van der Waals surface area contributed by atoms with Crippen molar-refractivity contribution >= 4 is 27.5 Å². The Morgan fingerprint density at radius 1 is 1.24 bits per heavy atom. The third-order valence-electron chi connectivity index (χ3n) is 6.17. The third-order valence-corrected chi connectivity index (χ3v) is 7.47. The van der Waals surface area contributed by atoms with Crippen molar-refractivity contribution in [2.45, 2.75) is 32.5 Å². The molecule has 0 fully saturated rings. The van der Waals surface area contributed by atoms with Crippen molar-refractivity contribution in [2.75, 3.05) is 27.4 Å². The van der Waals surface area contributed by atoms with Crippen molar-refractivity contribution in [1.29, 1.82) is 0 Å². The SMILES string of the molecule is COCCO[C@@H](Cn1c(=O)n(C(C)C(=O)O)c(=O)c2c(C)c(-n3cccn3)sc21)c1cc(F)ccc1OC. The molecule has 1 N–H and O–H groups in total. The molecule has 0 saturated heterocycles. The lowest BCUT2D eigenvalue weighted by Crippen LogP contribution is -2.44. The van der Waals surface area contributed by atoms with Crippen molar-refractivity contribution in [3.63, 3.8) is 0 Å². The van der Waals surface area contributed by atoms with Crippen LogP contribution in [0.2, 0.25) is 0 Å². The van der Waals surface area contributed by atoms with Crippen LogP contribution in [-0.4, -0.2) is 57.4 Å². The molecule has 3 heterocycles. The lowest BCUT2D eigenvalue weighted by Gasteiger charge is -2.23. The van der Waals surface area contributed by atoms with Gasteiger partial charge in [0.05, 0.1) is 32.3 Å². The van der Waals surface area contributed by atoms with Gasteiger partial charge in [0, 0.05) is 30.6 Å². The lowest BCUT2D eigenvalue weighted by atomic mass is 10.1. The molecule has 0 aliphatic heterocycles. The number of ether oxygens (including phenoxy) is 3. The van der Waals surface area contributed by atoms with Gasteiger partial charge < -0.3 is 19.3 Å². The van der Waals surface area contributed by atoms with Crippen LogP contribution in [0.4, 0.5) is 4.39 Å². The minimum Gasteiger partial charge on any atom is -0.496 e. The van der Waals surface area contributed by atoms with Gasteiger partial charge in [0.1, 0.15) is 33.5 Å². The van der Waals surface area contributed by atoms with E-state index in [1.165, 1.54) is 43.9 Å². The van der Waals surface area contributed by atoms with Gasteiger partial charge in [0.25, 0.3) is 5.56 Å². The highest BCUT2D eigenvalue weighted by atomic mass is 32.1. The second kappa shape index (κ2) is 11.3. The number of fused-ring (bicyclic) bond motifs is 1. The normalized spacial score (nSPS) is 13.1. The first kappa shape index (κ1) is 27.2. The highest BCUT2D eigenvalue weighted by molar-refractivity contribution is 7.21. The monoisotopic (exact) mass is 546 g/mol. The molecule has 0 bridgehead atoms. The van der Waals surface area contributed by atoms with Gasteiger partial charge in [-0.3, -0.25) is 9.36 Å². The smallest absolute Gasteiger partial charge is 0.333 e. The summed E-state index contributed by atoms with van der Waals surface area (Å²) in [5.41, 5.74) is -0.669. The predicted octanol–water partition coefficient (Wildman–Crippen LogP) is 2.92. The third kappa shape index (κ3) is 4.99. The second-order valence-corrected chi connectivity index (χ2v) is 9.46. The van der Waals surface area contributed by atoms with Crippen molar-refractivity contribution in [1.82, 2.24) is 18.9 Å². The fourth-order valence-electron chi connectivity index (χ4n) is 4.21. The Balaban J connectivity index is 1.99. The van der Waals surface area contributed by atoms with E-state index in [-0.39, 0.29) is 25.1 Å². The molecule has 0 aliphatic rings. The van der Waals surface area contributed by atoms with Gasteiger partial charge in [0.2, 0.25) is 0 Å². The number of hydrogen-bond donors (Lipinski definition) is 1. The zero-order chi connectivity index (χ0) is 27.6. The number of nitrogens with zero attached hydrogens (tertiary/aromatic N) is 4. The number of aryl methyl sites for hydroxylation is 1. The van der Waals surface area contributed by atoms with Crippen LogP contribution < -0.4 is 16.0 Å². The van der Waals surface area contributed by atoms with E-state index in [4.69, 9.17) is 14.2 Å². The summed E-state index contributed by atoms with van der Waals surface area (Å²) < 4.78 is 34.4. The Morgan fingerprint density at radius 3 is 2.63 bits per heavy atom. The predicted molar refractivity (Wildman–Crippen MR) is 138 cm³/mol. The standard InChI is InChI=1S/C25H27FN4O7S/c1-14-20-21(31)30(15(2)24(32)33)25(34)28(23(20)38-22(14)29-9-5-8-27-29)13-19(37-11-10-35-3)17-12-16(26)6-7-18(17)36-4/h5-9,12,15,19H,10-11,13H2,1-4H3,(H,32,33)/t15?,19-/m0/s1. The molecule has 11 nitrogen and oxygen atoms in total. The summed E-state index contributed by atoms with van der Waals surface area (Å²) >= 11 is 1.16. The first-order valence-corrected chi connectivity index (χ1v) is 12.5. The summed E-state index contributed by atoms with van der Waals surface area (Å²) in [6, 6.07) is 4.23. The number of rotatable bonds is 11. The first-order valence-electron chi connectivity index (χ1n) is 11.6. The topological polar surface area (TPSA) is 127 Å². The molecule has 1 aromatic carbocycles. The van der Waals surface area contributed by atoms with Crippen LogP contribution in [0.15, 0.2) is 46.2 Å². The number of aliphatic carboxylic acids is 1. The Labute approximate surface area is 220 Å². The van der Waals surface area contributed by atoms with Crippen LogP contribution in [0, 0.1) is 12.7 Å². The summed E-state index contributed by atoms with van der Waals surface area (Å²) in [6.07, 6.45) is 2.38. The number of methoxy groups -OCH3 is 2. The van der Waals surface area contributed by atoms with Gasteiger partial charge in [-0.1, -0.05) is 11.3 Å². The molecule has 0 amide bonds. The van der Waals surface area contributed by atoms with Crippen LogP contribution in [0.3, 0.4) is 0 Å². The largest absolute Gasteiger partial charge is 0.496 e. The average Bonchev–Trinajstić information content (AvgIpc) is 3.53. The van der Waals surface area contributed by atoms with E-state index >= 15 is 0 Å². The van der Waals surface area contributed by atoms with E-state index in [0.29, 0.717) is 31.3 Å². The molecule has 202 valence electrons. The maximum absolute atomic E-state index is 14.3. The average molecular weight is 547 g/mol. The molecule has 0 radical (unpaired) electrons. The summed E-state index contributed by atoms with van der Waals surface area (Å²) in [4.78, 5) is 39.4. The minimum atomic E-state index is -1.44. The van der Waals surface area contributed by atoms with Gasteiger partial charge in [-0.15, -0.1) is 0 Å². The minimum absolute atomic E-state index is 0.117. The van der Waals surface area contributed by atoms with E-state index < -0.39 is 35.2 Å². The molecule has 0 saturated carbocycles. The Hall–Kier alpha value is -3.81. The van der Waals surface area contributed by atoms with E-state index in [1.807, 2.05) is 0 Å². The fourth-order valence-corrected chi connectivity index (χ4v) is 5.46. The van der Waals surface area contributed by atoms with Gasteiger partial charge >= 0.3 is 11.7 Å². The molecule has 3 aromatic heterocycles. The molecular weight excluding hydrogens is 519 g/mol. The van der Waals surface area contributed by atoms with Crippen molar-refractivity contribution in [2.24, 2.45) is 0 Å². The van der Waals surface area contributed by atoms with Gasteiger partial charge in [-0.2, -0.15) is 5.10 Å². The summed E-state index contributed by atoms with van der Waals surface area (Å²) in [6.45, 7) is 3.16. The number of carbonyl (C=O) groups is 1. The maximum atomic E-state index is 14.3. The molecule has 0 spiro atoms. The van der Waals surface area contributed by atoms with Gasteiger partial charge in [-0.25, -0.2) is 23.2 Å². The fraction of sp³-hybridized carbons (Fsp3) is 0.360. The van der Waals surface area contributed by atoms with Crippen LogP contribution in [0.5, 0.6) is 5.75 Å². The number of thiophene rings is 1. The lowest BCUT2D eigenvalue weighted by molar-refractivity contribution is -0.140. The zero-order valence-electron chi connectivity index (χ0n) is 21.2. The molecule has 4 rings (SSSR count). The number of carboxylic acids is 1. The Bertz CT molecular complexity index is 1580.